The van der Waals surface area contributed by atoms with Crippen molar-refractivity contribution in [1.29, 1.82) is 0 Å². The molecule has 0 N–H and O–H groups in total. The van der Waals surface area contributed by atoms with Crippen LogP contribution in [0.3, 0.4) is 0 Å². The van der Waals surface area contributed by atoms with Gasteiger partial charge in [-0.1, -0.05) is 121 Å². The Morgan fingerprint density at radius 2 is 0.478 bits per heavy atom. The fraction of sp³-hybridized carbons (Fsp3) is 0. The van der Waals surface area contributed by atoms with E-state index < -0.39 is 15.8 Å². The van der Waals surface area contributed by atoms with Crippen molar-refractivity contribution in [3.05, 3.63) is 211 Å². The summed E-state index contributed by atoms with van der Waals surface area (Å²) in [6.45, 7) is 18.0. The molecular weight excluding hydrogens is 774 g/mol. The Balaban J connectivity index is 0. The van der Waals surface area contributed by atoms with E-state index in [1.54, 1.807) is 0 Å². The number of hydrogen-bond acceptors (Lipinski definition) is 0. The molecule has 2 fully saturated rings. The van der Waals surface area contributed by atoms with Gasteiger partial charge in [-0.25, -0.2) is 0 Å². The van der Waals surface area contributed by atoms with Crippen LogP contribution in [0.15, 0.2) is 121 Å². The molecule has 0 saturated heterocycles. The van der Waals surface area contributed by atoms with Crippen molar-refractivity contribution in [2.75, 3.05) is 0 Å². The van der Waals surface area contributed by atoms with Crippen molar-refractivity contribution in [3.63, 3.8) is 0 Å². The van der Waals surface area contributed by atoms with Crippen molar-refractivity contribution < 1.29 is 60.7 Å². The second-order valence-electron chi connectivity index (χ2n) is 8.30. The normalized spacial score (nSPS) is 12.9. The maximum Gasteiger partial charge on any atom is 0.0161 e. The Labute approximate surface area is 306 Å². The Bertz CT molecular complexity index is 1140. The number of hydrogen-bond donors (Lipinski definition) is 0. The first kappa shape index (κ1) is 46.2. The van der Waals surface area contributed by atoms with E-state index in [1.165, 1.54) is 32.5 Å². The van der Waals surface area contributed by atoms with Gasteiger partial charge in [0.2, 0.25) is 0 Å². The number of benzene rings is 4. The minimum absolute atomic E-state index is 0. The average Bonchev–Trinajstić information content (AvgIpc) is 3.87. The molecule has 0 bridgehead atoms. The Hall–Kier alpha value is -1.92. The van der Waals surface area contributed by atoms with Crippen LogP contribution in [0.25, 0.3) is 0 Å². The number of rotatable bonds is 6. The van der Waals surface area contributed by atoms with Crippen LogP contribution in [0.5, 0.6) is 0 Å². The first-order valence-corrected chi connectivity index (χ1v) is 15.6. The Kier molecular flexibility index (Phi) is 30.5. The Morgan fingerprint density at radius 1 is 0.304 bits per heavy atom. The fourth-order valence-corrected chi connectivity index (χ4v) is 8.84. The summed E-state index contributed by atoms with van der Waals surface area (Å²) in [5.41, 5.74) is 2.84. The molecule has 6 rings (SSSR count). The van der Waals surface area contributed by atoms with Gasteiger partial charge in [0.25, 0.3) is 0 Å². The van der Waals surface area contributed by atoms with E-state index in [-0.39, 0.29) is 42.1 Å². The minimum atomic E-state index is -0.409. The molecule has 0 amide bonds. The molecule has 0 aliphatic heterocycles. The van der Waals surface area contributed by atoms with E-state index in [2.05, 4.69) is 199 Å². The maximum absolute atomic E-state index is 7.50. The average molecular weight is 802 g/mol. The fourth-order valence-electron chi connectivity index (χ4n) is 4.23. The summed E-state index contributed by atoms with van der Waals surface area (Å²) in [5.74, 6) is 0. The molecule has 4 nitrogen and oxygen atoms in total. The zero-order chi connectivity index (χ0) is 32.4. The quantitative estimate of drug-likeness (QED) is 0.0890. The minimum Gasteiger partial charge on any atom is -0.0622 e. The van der Waals surface area contributed by atoms with Crippen LogP contribution in [0.1, 0.15) is 0 Å². The van der Waals surface area contributed by atoms with Gasteiger partial charge in [-0.3, -0.25) is 0 Å². The van der Waals surface area contributed by atoms with Crippen LogP contribution in [-0.4, -0.2) is 0 Å². The van der Waals surface area contributed by atoms with Crippen molar-refractivity contribution >= 4 is 37.1 Å². The molecule has 2 saturated carbocycles. The molecule has 2 aliphatic rings. The van der Waals surface area contributed by atoms with Gasteiger partial charge in [-0.05, 0) is 88.4 Å². The van der Waals surface area contributed by atoms with Crippen molar-refractivity contribution in [2.45, 2.75) is 0 Å². The molecule has 226 valence electrons. The molecule has 0 heterocycles. The van der Waals surface area contributed by atoms with Crippen molar-refractivity contribution in [3.8, 4) is 0 Å². The SMILES string of the molecule is [C-]#[O+].[C-]#[O+].[C-]#[O+].[C-]#[O+].[CH]1[CH][CH][C](P(c2ccccc2)c2ccccc2)[CH]1.[CH]1[CH][CH][C](P(c2ccccc2)c2ccccc2)[CH]1.[Mo].[Mo]. The van der Waals surface area contributed by atoms with Gasteiger partial charge in [-0.2, -0.15) is 0 Å². The summed E-state index contributed by atoms with van der Waals surface area (Å²) in [6, 6.07) is 43.1. The summed E-state index contributed by atoms with van der Waals surface area (Å²) < 4.78 is 30.0. The standard InChI is InChI=1S/2C17H14P.4CO.2Mo/c2*1-3-9-15(10-4-1)18(17-13-7-8-14-17)16-11-5-2-6-12-16;4*1-2;;/h2*1-14H;;;;;;. The third kappa shape index (κ3) is 15.3. The van der Waals surface area contributed by atoms with Gasteiger partial charge in [-0.15, -0.1) is 0 Å². The molecule has 0 atom stereocenters. The van der Waals surface area contributed by atoms with E-state index >= 15 is 0 Å². The second-order valence-corrected chi connectivity index (χ2v) is 12.7. The molecule has 4 aromatic carbocycles. The molecular formula is C38H28Mo2O4P2. The van der Waals surface area contributed by atoms with Crippen molar-refractivity contribution in [1.82, 2.24) is 0 Å². The molecule has 0 unspecified atom stereocenters. The largest absolute Gasteiger partial charge is 0.0622 e. The second kappa shape index (κ2) is 30.4. The van der Waals surface area contributed by atoms with Gasteiger partial charge in [0, 0.05) is 53.4 Å². The first-order valence-electron chi connectivity index (χ1n) is 13.0. The molecule has 0 spiro atoms. The predicted molar refractivity (Wildman–Crippen MR) is 175 cm³/mol. The molecule has 0 aromatic heterocycles. The smallest absolute Gasteiger partial charge is 0.0161 e. The van der Waals surface area contributed by atoms with Crippen LogP contribution in [0.2, 0.25) is 0 Å². The summed E-state index contributed by atoms with van der Waals surface area (Å²) in [5, 5.41) is 5.63. The predicted octanol–water partition coefficient (Wildman–Crippen LogP) is 6.81. The molecule has 8 heteroatoms. The summed E-state index contributed by atoms with van der Waals surface area (Å²) in [6.07, 6.45) is 17.4. The topological polar surface area (TPSA) is 79.6 Å². The van der Waals surface area contributed by atoms with Gasteiger partial charge >= 0.3 is 45.2 Å². The van der Waals surface area contributed by atoms with Gasteiger partial charge in [0.05, 0.1) is 0 Å². The van der Waals surface area contributed by atoms with E-state index in [0.717, 1.165) is 0 Å². The molecule has 2 aliphatic carbocycles. The van der Waals surface area contributed by atoms with Crippen molar-refractivity contribution in [2.24, 2.45) is 0 Å². The maximum atomic E-state index is 7.50. The van der Waals surface area contributed by atoms with E-state index in [0.29, 0.717) is 0 Å². The Morgan fingerprint density at radius 3 is 0.652 bits per heavy atom. The first-order chi connectivity index (χ1) is 21.9. The summed E-state index contributed by atoms with van der Waals surface area (Å²) in [7, 11) is -0.818. The van der Waals surface area contributed by atoms with Crippen LogP contribution < -0.4 is 21.2 Å². The third-order valence-electron chi connectivity index (χ3n) is 5.86. The van der Waals surface area contributed by atoms with Gasteiger partial charge < -0.3 is 0 Å². The zero-order valence-corrected chi connectivity index (χ0v) is 30.3. The van der Waals surface area contributed by atoms with E-state index in [9.17, 15) is 0 Å². The molecule has 10 radical (unpaired) electrons. The monoisotopic (exact) mass is 806 g/mol. The van der Waals surface area contributed by atoms with Crippen LogP contribution >= 0.6 is 15.8 Å². The van der Waals surface area contributed by atoms with E-state index in [1.807, 2.05) is 0 Å². The van der Waals surface area contributed by atoms with Gasteiger partial charge in [0.15, 0.2) is 0 Å². The van der Waals surface area contributed by atoms with Gasteiger partial charge in [0.1, 0.15) is 0 Å². The van der Waals surface area contributed by atoms with Crippen LogP contribution in [0, 0.1) is 89.3 Å². The zero-order valence-electron chi connectivity index (χ0n) is 24.5. The molecule has 46 heavy (non-hydrogen) atoms. The summed E-state index contributed by atoms with van der Waals surface area (Å²) in [4.78, 5) is 0. The van der Waals surface area contributed by atoms with E-state index in [4.69, 9.17) is 18.6 Å². The summed E-state index contributed by atoms with van der Waals surface area (Å²) >= 11 is 0. The third-order valence-corrected chi connectivity index (χ3v) is 10.8. The van der Waals surface area contributed by atoms with Crippen LogP contribution in [0.4, 0.5) is 0 Å². The molecule has 4 aromatic rings. The van der Waals surface area contributed by atoms with Crippen LogP contribution in [-0.2, 0) is 60.7 Å².